The number of rotatable bonds is 5. The number of carbonyl (C=O) groups is 1. The maximum absolute atomic E-state index is 13.3. The fourth-order valence-corrected chi connectivity index (χ4v) is 3.21. The van der Waals surface area contributed by atoms with Crippen LogP contribution in [-0.2, 0) is 11.4 Å². The van der Waals surface area contributed by atoms with Gasteiger partial charge in [0.2, 0.25) is 0 Å². The average molecular weight is 369 g/mol. The van der Waals surface area contributed by atoms with Crippen LogP contribution in [0.4, 0.5) is 4.39 Å². The summed E-state index contributed by atoms with van der Waals surface area (Å²) in [6.07, 6.45) is 1.73. The standard InChI is InChI=1S/C21H24FN3O2/c1-21(2,3)19(14-5-8-17(22)9-6-14)23-13-25-18-10-7-15(20(26)27-4)11-16(18)12-24-25/h5-12,19,23H,13H2,1-4H3. The molecule has 0 fully saturated rings. The Morgan fingerprint density at radius 2 is 1.93 bits per heavy atom. The zero-order chi connectivity index (χ0) is 19.6. The van der Waals surface area contributed by atoms with Gasteiger partial charge in [-0.25, -0.2) is 9.18 Å². The third-order valence-electron chi connectivity index (χ3n) is 4.58. The van der Waals surface area contributed by atoms with E-state index in [4.69, 9.17) is 4.74 Å². The number of methoxy groups -OCH3 is 1. The highest BCUT2D eigenvalue weighted by Gasteiger charge is 2.26. The lowest BCUT2D eigenvalue weighted by Crippen LogP contribution is -2.34. The van der Waals surface area contributed by atoms with Crippen LogP contribution < -0.4 is 5.32 Å². The van der Waals surface area contributed by atoms with Crippen molar-refractivity contribution in [2.45, 2.75) is 33.5 Å². The Morgan fingerprint density at radius 3 is 2.56 bits per heavy atom. The molecule has 0 saturated heterocycles. The highest BCUT2D eigenvalue weighted by Crippen LogP contribution is 2.33. The maximum Gasteiger partial charge on any atom is 0.337 e. The molecule has 0 spiro atoms. The van der Waals surface area contributed by atoms with E-state index in [1.165, 1.54) is 19.2 Å². The number of nitrogens with zero attached hydrogens (tertiary/aromatic N) is 2. The number of halogens is 1. The molecule has 6 heteroatoms. The van der Waals surface area contributed by atoms with Gasteiger partial charge in [-0.3, -0.25) is 10.00 Å². The summed E-state index contributed by atoms with van der Waals surface area (Å²) in [5.74, 6) is -0.613. The van der Waals surface area contributed by atoms with Crippen LogP contribution in [0, 0.1) is 11.2 Å². The molecule has 1 heterocycles. The number of aromatic nitrogens is 2. The summed E-state index contributed by atoms with van der Waals surface area (Å²) in [5.41, 5.74) is 2.37. The summed E-state index contributed by atoms with van der Waals surface area (Å²) in [5, 5.41) is 8.82. The number of benzene rings is 2. The minimum Gasteiger partial charge on any atom is -0.465 e. The van der Waals surface area contributed by atoms with E-state index >= 15 is 0 Å². The molecule has 0 aliphatic carbocycles. The quantitative estimate of drug-likeness (QED) is 0.682. The van der Waals surface area contributed by atoms with Gasteiger partial charge in [0.25, 0.3) is 0 Å². The molecule has 142 valence electrons. The van der Waals surface area contributed by atoms with Gasteiger partial charge in [0, 0.05) is 11.4 Å². The minimum atomic E-state index is -0.369. The summed E-state index contributed by atoms with van der Waals surface area (Å²) >= 11 is 0. The van der Waals surface area contributed by atoms with Gasteiger partial charge in [0.15, 0.2) is 0 Å². The van der Waals surface area contributed by atoms with E-state index in [0.29, 0.717) is 12.2 Å². The highest BCUT2D eigenvalue weighted by molar-refractivity contribution is 5.94. The SMILES string of the molecule is COC(=O)c1ccc2c(cnn2CNC(c2ccc(F)cc2)C(C)(C)C)c1. The molecule has 3 aromatic rings. The van der Waals surface area contributed by atoms with Crippen molar-refractivity contribution >= 4 is 16.9 Å². The second-order valence-corrected chi connectivity index (χ2v) is 7.62. The zero-order valence-electron chi connectivity index (χ0n) is 16.0. The molecule has 0 aliphatic heterocycles. The van der Waals surface area contributed by atoms with E-state index in [2.05, 4.69) is 31.2 Å². The van der Waals surface area contributed by atoms with Crippen LogP contribution in [-0.4, -0.2) is 22.9 Å². The number of hydrogen-bond acceptors (Lipinski definition) is 4. The van der Waals surface area contributed by atoms with Crippen molar-refractivity contribution in [3.8, 4) is 0 Å². The summed E-state index contributed by atoms with van der Waals surface area (Å²) in [6, 6.07) is 12.0. The Balaban J connectivity index is 1.83. The number of nitrogens with one attached hydrogen (secondary N) is 1. The number of hydrogen-bond donors (Lipinski definition) is 1. The molecular formula is C21H24FN3O2. The molecule has 0 radical (unpaired) electrons. The number of carbonyl (C=O) groups excluding carboxylic acids is 1. The second kappa shape index (κ2) is 7.48. The summed E-state index contributed by atoms with van der Waals surface area (Å²) in [7, 11) is 1.36. The van der Waals surface area contributed by atoms with Crippen molar-refractivity contribution in [3.63, 3.8) is 0 Å². The number of esters is 1. The van der Waals surface area contributed by atoms with Gasteiger partial charge in [-0.2, -0.15) is 5.10 Å². The lowest BCUT2D eigenvalue weighted by Gasteiger charge is -2.32. The van der Waals surface area contributed by atoms with Crippen molar-refractivity contribution < 1.29 is 13.9 Å². The molecule has 1 atom stereocenters. The third kappa shape index (κ3) is 4.17. The summed E-state index contributed by atoms with van der Waals surface area (Å²) < 4.78 is 19.9. The van der Waals surface area contributed by atoms with Crippen molar-refractivity contribution in [2.24, 2.45) is 5.41 Å². The first-order valence-electron chi connectivity index (χ1n) is 8.82. The van der Waals surface area contributed by atoms with Gasteiger partial charge in [0.05, 0.1) is 31.1 Å². The molecule has 1 unspecified atom stereocenters. The smallest absolute Gasteiger partial charge is 0.337 e. The molecule has 0 bridgehead atoms. The van der Waals surface area contributed by atoms with Crippen molar-refractivity contribution in [2.75, 3.05) is 7.11 Å². The molecule has 0 amide bonds. The van der Waals surface area contributed by atoms with Crippen molar-refractivity contribution in [1.29, 1.82) is 0 Å². The fourth-order valence-electron chi connectivity index (χ4n) is 3.21. The molecule has 0 aliphatic rings. The monoisotopic (exact) mass is 369 g/mol. The Labute approximate surface area is 158 Å². The Morgan fingerprint density at radius 1 is 1.22 bits per heavy atom. The predicted octanol–water partition coefficient (Wildman–Crippen LogP) is 4.30. The molecule has 3 rings (SSSR count). The van der Waals surface area contributed by atoms with Gasteiger partial charge in [-0.05, 0) is 41.3 Å². The van der Waals surface area contributed by atoms with Crippen LogP contribution in [0.5, 0.6) is 0 Å². The van der Waals surface area contributed by atoms with Gasteiger partial charge >= 0.3 is 5.97 Å². The van der Waals surface area contributed by atoms with E-state index < -0.39 is 0 Å². The highest BCUT2D eigenvalue weighted by atomic mass is 19.1. The van der Waals surface area contributed by atoms with Crippen LogP contribution in [0.15, 0.2) is 48.7 Å². The van der Waals surface area contributed by atoms with Gasteiger partial charge in [-0.15, -0.1) is 0 Å². The molecule has 0 saturated carbocycles. The van der Waals surface area contributed by atoms with Crippen LogP contribution in [0.25, 0.3) is 10.9 Å². The largest absolute Gasteiger partial charge is 0.465 e. The third-order valence-corrected chi connectivity index (χ3v) is 4.58. The van der Waals surface area contributed by atoms with Gasteiger partial charge in [0.1, 0.15) is 5.82 Å². The molecule has 2 aromatic carbocycles. The Hall–Kier alpha value is -2.73. The van der Waals surface area contributed by atoms with Gasteiger partial charge in [-0.1, -0.05) is 32.9 Å². The summed E-state index contributed by atoms with van der Waals surface area (Å²) in [4.78, 5) is 11.7. The number of ether oxygens (including phenoxy) is 1. The van der Waals surface area contributed by atoms with Crippen molar-refractivity contribution in [3.05, 3.63) is 65.6 Å². The van der Waals surface area contributed by atoms with Crippen LogP contribution in [0.3, 0.4) is 0 Å². The lowest BCUT2D eigenvalue weighted by molar-refractivity contribution is 0.0601. The predicted molar refractivity (Wildman–Crippen MR) is 103 cm³/mol. The molecular weight excluding hydrogens is 345 g/mol. The van der Waals surface area contributed by atoms with E-state index in [9.17, 15) is 9.18 Å². The first kappa shape index (κ1) is 19.0. The molecule has 27 heavy (non-hydrogen) atoms. The Kier molecular flexibility index (Phi) is 5.28. The molecule has 1 N–H and O–H groups in total. The maximum atomic E-state index is 13.3. The van der Waals surface area contributed by atoms with E-state index in [-0.39, 0.29) is 23.2 Å². The Bertz CT molecular complexity index is 942. The first-order chi connectivity index (χ1) is 12.8. The molecule has 1 aromatic heterocycles. The number of fused-ring (bicyclic) bond motifs is 1. The van der Waals surface area contributed by atoms with Crippen LogP contribution >= 0.6 is 0 Å². The van der Waals surface area contributed by atoms with Crippen molar-refractivity contribution in [1.82, 2.24) is 15.1 Å². The second-order valence-electron chi connectivity index (χ2n) is 7.62. The van der Waals surface area contributed by atoms with Gasteiger partial charge < -0.3 is 4.74 Å². The summed E-state index contributed by atoms with van der Waals surface area (Å²) in [6.45, 7) is 6.90. The topological polar surface area (TPSA) is 56.1 Å². The van der Waals surface area contributed by atoms with E-state index in [1.54, 1.807) is 18.3 Å². The minimum absolute atomic E-state index is 0.0201. The van der Waals surface area contributed by atoms with E-state index in [0.717, 1.165) is 16.5 Å². The zero-order valence-corrected chi connectivity index (χ0v) is 16.0. The van der Waals surface area contributed by atoms with Crippen LogP contribution in [0.1, 0.15) is 42.7 Å². The normalized spacial score (nSPS) is 12.9. The average Bonchev–Trinajstić information content (AvgIpc) is 3.04. The lowest BCUT2D eigenvalue weighted by atomic mass is 9.82. The van der Waals surface area contributed by atoms with E-state index in [1.807, 2.05) is 22.9 Å². The fraction of sp³-hybridized carbons (Fsp3) is 0.333. The van der Waals surface area contributed by atoms with Crippen LogP contribution in [0.2, 0.25) is 0 Å². The first-order valence-corrected chi connectivity index (χ1v) is 8.82. The molecule has 5 nitrogen and oxygen atoms in total.